The van der Waals surface area contributed by atoms with E-state index in [9.17, 15) is 9.59 Å². The van der Waals surface area contributed by atoms with E-state index in [1.807, 2.05) is 22.6 Å². The van der Waals surface area contributed by atoms with Crippen LogP contribution in [0.15, 0.2) is 0 Å². The quantitative estimate of drug-likeness (QED) is 0.371. The smallest absolute Gasteiger partial charge is 0.321 e. The summed E-state index contributed by atoms with van der Waals surface area (Å²) >= 11 is 1.85. The number of hydrogen-bond donors (Lipinski definition) is 1. The van der Waals surface area contributed by atoms with Crippen LogP contribution in [-0.2, 0) is 14.3 Å². The van der Waals surface area contributed by atoms with Crippen molar-refractivity contribution in [3.8, 4) is 0 Å². The Morgan fingerprint density at radius 2 is 1.92 bits per heavy atom. The third-order valence-electron chi connectivity index (χ3n) is 1.14. The average molecular weight is 300 g/mol. The number of rotatable bonds is 3. The third kappa shape index (κ3) is 5.07. The first-order valence-corrected chi connectivity index (χ1v) is 5.32. The van der Waals surface area contributed by atoms with Crippen LogP contribution in [0.4, 0.5) is 0 Å². The molecule has 5 heteroatoms. The molecule has 0 rings (SSSR count). The van der Waals surface area contributed by atoms with Gasteiger partial charge in [-0.15, -0.1) is 0 Å². The van der Waals surface area contributed by atoms with Gasteiger partial charge in [-0.2, -0.15) is 0 Å². The summed E-state index contributed by atoms with van der Waals surface area (Å²) in [4.78, 5) is 21.8. The highest BCUT2D eigenvalue weighted by Crippen LogP contribution is 2.13. The molecule has 0 amide bonds. The van der Waals surface area contributed by atoms with Gasteiger partial charge in [0.15, 0.2) is 5.92 Å². The maximum absolute atomic E-state index is 11.2. The van der Waals surface area contributed by atoms with Crippen LogP contribution in [0.3, 0.4) is 0 Å². The zero-order chi connectivity index (χ0) is 10.6. The topological polar surface area (TPSA) is 63.6 Å². The molecule has 0 saturated heterocycles. The van der Waals surface area contributed by atoms with Crippen LogP contribution in [0.5, 0.6) is 0 Å². The summed E-state index contributed by atoms with van der Waals surface area (Å²) < 4.78 is 5.15. The van der Waals surface area contributed by atoms with Crippen LogP contribution in [0.1, 0.15) is 20.8 Å². The maximum Gasteiger partial charge on any atom is 0.321 e. The van der Waals surface area contributed by atoms with Crippen molar-refractivity contribution < 1.29 is 19.4 Å². The molecule has 0 radical (unpaired) electrons. The lowest BCUT2D eigenvalue weighted by atomic mass is 10.1. The van der Waals surface area contributed by atoms with E-state index in [1.165, 1.54) is 0 Å². The standard InChI is InChI=1S/C8H13IO4/c1-8(2,3)13-7(12)5(4-9)6(10)11/h5H,4H2,1-3H3,(H,10,11). The minimum Gasteiger partial charge on any atom is -0.481 e. The highest BCUT2D eigenvalue weighted by Gasteiger charge is 2.29. The van der Waals surface area contributed by atoms with E-state index >= 15 is 0 Å². The molecule has 0 aliphatic carbocycles. The normalized spacial score (nSPS) is 13.5. The van der Waals surface area contributed by atoms with E-state index in [2.05, 4.69) is 0 Å². The second-order valence-electron chi connectivity index (χ2n) is 3.58. The second-order valence-corrected chi connectivity index (χ2v) is 4.46. The lowest BCUT2D eigenvalue weighted by molar-refractivity contribution is -0.165. The molecule has 0 aliphatic heterocycles. The van der Waals surface area contributed by atoms with Crippen LogP contribution >= 0.6 is 22.6 Å². The average Bonchev–Trinajstić information content (AvgIpc) is 1.82. The lowest BCUT2D eigenvalue weighted by Gasteiger charge is -2.21. The Morgan fingerprint density at radius 3 is 2.15 bits per heavy atom. The van der Waals surface area contributed by atoms with Gasteiger partial charge < -0.3 is 9.84 Å². The summed E-state index contributed by atoms with van der Waals surface area (Å²) in [7, 11) is 0. The number of halogens is 1. The Bertz CT molecular complexity index is 207. The Kier molecular flexibility index (Phi) is 4.66. The molecule has 1 atom stereocenters. The summed E-state index contributed by atoms with van der Waals surface area (Å²) in [5, 5.41) is 8.63. The highest BCUT2D eigenvalue weighted by atomic mass is 127. The molecule has 0 aromatic carbocycles. The number of aliphatic carboxylic acids is 1. The van der Waals surface area contributed by atoms with Crippen LogP contribution in [0, 0.1) is 5.92 Å². The molecule has 4 nitrogen and oxygen atoms in total. The summed E-state index contributed by atoms with van der Waals surface area (Å²) in [5.41, 5.74) is -0.628. The van der Waals surface area contributed by atoms with Crippen LogP contribution in [0.2, 0.25) is 0 Å². The third-order valence-corrected chi connectivity index (χ3v) is 2.02. The molecule has 0 saturated carbocycles. The number of alkyl halides is 1. The van der Waals surface area contributed by atoms with E-state index < -0.39 is 23.5 Å². The predicted octanol–water partition coefficient (Wildman–Crippen LogP) is 1.46. The summed E-state index contributed by atoms with van der Waals surface area (Å²) in [6.45, 7) is 5.12. The fourth-order valence-corrected chi connectivity index (χ4v) is 1.34. The van der Waals surface area contributed by atoms with Crippen molar-refractivity contribution in [1.29, 1.82) is 0 Å². The summed E-state index contributed by atoms with van der Waals surface area (Å²) in [6.07, 6.45) is 0. The van der Waals surface area contributed by atoms with E-state index in [1.54, 1.807) is 20.8 Å². The van der Waals surface area contributed by atoms with Gasteiger partial charge in [0, 0.05) is 4.43 Å². The Labute approximate surface area is 90.8 Å². The highest BCUT2D eigenvalue weighted by molar-refractivity contribution is 14.1. The molecule has 0 aliphatic rings. The van der Waals surface area contributed by atoms with Gasteiger partial charge in [0.25, 0.3) is 0 Å². The Hall–Kier alpha value is -0.330. The number of carbonyl (C=O) groups excluding carboxylic acids is 1. The van der Waals surface area contributed by atoms with Crippen LogP contribution < -0.4 is 0 Å². The summed E-state index contributed by atoms with van der Waals surface area (Å²) in [6, 6.07) is 0. The van der Waals surface area contributed by atoms with E-state index in [0.717, 1.165) is 0 Å². The molecule has 1 N–H and O–H groups in total. The van der Waals surface area contributed by atoms with Gasteiger partial charge in [0.2, 0.25) is 0 Å². The number of carbonyl (C=O) groups is 2. The molecule has 1 unspecified atom stereocenters. The van der Waals surface area contributed by atoms with Gasteiger partial charge in [-0.25, -0.2) is 0 Å². The van der Waals surface area contributed by atoms with Crippen molar-refractivity contribution in [2.24, 2.45) is 5.92 Å². The van der Waals surface area contributed by atoms with Gasteiger partial charge in [-0.3, -0.25) is 9.59 Å². The van der Waals surface area contributed by atoms with Crippen molar-refractivity contribution in [1.82, 2.24) is 0 Å². The van der Waals surface area contributed by atoms with Gasteiger partial charge in [0.1, 0.15) is 5.60 Å². The van der Waals surface area contributed by atoms with Crippen molar-refractivity contribution in [2.45, 2.75) is 26.4 Å². The molecule has 13 heavy (non-hydrogen) atoms. The zero-order valence-corrected chi connectivity index (χ0v) is 9.99. The number of carboxylic acid groups (broad SMARTS) is 1. The zero-order valence-electron chi connectivity index (χ0n) is 7.83. The molecule has 76 valence electrons. The number of esters is 1. The molecule has 0 heterocycles. The Balaban J connectivity index is 4.32. The van der Waals surface area contributed by atoms with Crippen molar-refractivity contribution in [3.05, 3.63) is 0 Å². The van der Waals surface area contributed by atoms with Gasteiger partial charge in [-0.1, -0.05) is 22.6 Å². The first-order valence-electron chi connectivity index (χ1n) is 3.79. The Morgan fingerprint density at radius 1 is 1.46 bits per heavy atom. The van der Waals surface area contributed by atoms with Crippen molar-refractivity contribution >= 4 is 34.5 Å². The van der Waals surface area contributed by atoms with Crippen molar-refractivity contribution in [2.75, 3.05) is 4.43 Å². The van der Waals surface area contributed by atoms with E-state index in [4.69, 9.17) is 9.84 Å². The minimum atomic E-state index is -1.14. The predicted molar refractivity (Wildman–Crippen MR) is 55.9 cm³/mol. The van der Waals surface area contributed by atoms with Crippen LogP contribution in [-0.4, -0.2) is 27.1 Å². The number of carboxylic acids is 1. The molecule has 0 aromatic heterocycles. The van der Waals surface area contributed by atoms with Crippen molar-refractivity contribution in [3.63, 3.8) is 0 Å². The first-order chi connectivity index (χ1) is 5.78. The minimum absolute atomic E-state index is 0.224. The fraction of sp³-hybridized carbons (Fsp3) is 0.750. The summed E-state index contributed by atoms with van der Waals surface area (Å²) in [5.74, 6) is -2.86. The van der Waals surface area contributed by atoms with Crippen LogP contribution in [0.25, 0.3) is 0 Å². The fourth-order valence-electron chi connectivity index (χ4n) is 0.603. The first kappa shape index (κ1) is 12.7. The largest absolute Gasteiger partial charge is 0.481 e. The molecule has 0 fully saturated rings. The monoisotopic (exact) mass is 300 g/mol. The molecule has 0 spiro atoms. The van der Waals surface area contributed by atoms with Gasteiger partial charge in [-0.05, 0) is 20.8 Å². The van der Waals surface area contributed by atoms with Gasteiger partial charge >= 0.3 is 11.9 Å². The molecular formula is C8H13IO4. The molecule has 0 aromatic rings. The number of ether oxygens (including phenoxy) is 1. The SMILES string of the molecule is CC(C)(C)OC(=O)C(CI)C(=O)O. The van der Waals surface area contributed by atoms with E-state index in [-0.39, 0.29) is 4.43 Å². The number of hydrogen-bond acceptors (Lipinski definition) is 3. The lowest BCUT2D eigenvalue weighted by Crippen LogP contribution is -2.33. The van der Waals surface area contributed by atoms with Gasteiger partial charge in [0.05, 0.1) is 0 Å². The van der Waals surface area contributed by atoms with E-state index in [0.29, 0.717) is 0 Å². The molecular weight excluding hydrogens is 287 g/mol. The molecule has 0 bridgehead atoms. The maximum atomic E-state index is 11.2. The second kappa shape index (κ2) is 4.78.